The van der Waals surface area contributed by atoms with Gasteiger partial charge in [-0.3, -0.25) is 0 Å². The number of rotatable bonds is 3. The first-order chi connectivity index (χ1) is 9.88. The van der Waals surface area contributed by atoms with Gasteiger partial charge in [0.05, 0.1) is 0 Å². The number of hydrogen-bond acceptors (Lipinski definition) is 5. The first-order valence-corrected chi connectivity index (χ1v) is 7.11. The monoisotopic (exact) mass is 272 g/mol. The largest absolute Gasteiger partial charge is 0.454 e. The first kappa shape index (κ1) is 11.8. The molecule has 1 aliphatic carbocycles. The summed E-state index contributed by atoms with van der Waals surface area (Å²) in [7, 11) is 0. The summed E-state index contributed by atoms with van der Waals surface area (Å²) in [6.07, 6.45) is 6.11. The zero-order valence-electron chi connectivity index (χ0n) is 11.2. The van der Waals surface area contributed by atoms with Crippen molar-refractivity contribution in [1.29, 1.82) is 0 Å². The van der Waals surface area contributed by atoms with Crippen LogP contribution in [0.1, 0.15) is 31.6 Å². The van der Waals surface area contributed by atoms with Crippen LogP contribution in [0.15, 0.2) is 22.7 Å². The number of hydrogen-bond donors (Lipinski definition) is 0. The first-order valence-electron chi connectivity index (χ1n) is 7.11. The molecule has 1 saturated carbocycles. The summed E-state index contributed by atoms with van der Waals surface area (Å²) >= 11 is 0. The minimum atomic E-state index is 0.276. The van der Waals surface area contributed by atoms with Gasteiger partial charge in [0.15, 0.2) is 11.5 Å². The van der Waals surface area contributed by atoms with Crippen molar-refractivity contribution in [3.8, 4) is 22.9 Å². The highest BCUT2D eigenvalue weighted by Crippen LogP contribution is 2.35. The molecule has 4 rings (SSSR count). The van der Waals surface area contributed by atoms with E-state index in [9.17, 15) is 0 Å². The molecule has 0 spiro atoms. The molecular formula is C15H16N2O3. The Morgan fingerprint density at radius 3 is 2.85 bits per heavy atom. The quantitative estimate of drug-likeness (QED) is 0.858. The topological polar surface area (TPSA) is 57.4 Å². The zero-order valence-corrected chi connectivity index (χ0v) is 11.2. The lowest BCUT2D eigenvalue weighted by Gasteiger charge is -2.02. The number of nitrogens with zero attached hydrogens (tertiary/aromatic N) is 2. The van der Waals surface area contributed by atoms with Gasteiger partial charge in [0.25, 0.3) is 0 Å². The van der Waals surface area contributed by atoms with Crippen molar-refractivity contribution in [1.82, 2.24) is 10.1 Å². The second kappa shape index (κ2) is 4.81. The van der Waals surface area contributed by atoms with Crippen molar-refractivity contribution in [3.05, 3.63) is 24.1 Å². The van der Waals surface area contributed by atoms with Crippen molar-refractivity contribution < 1.29 is 14.0 Å². The third-order valence-corrected chi connectivity index (χ3v) is 4.04. The van der Waals surface area contributed by atoms with Crippen LogP contribution in [-0.2, 0) is 6.42 Å². The maximum atomic E-state index is 5.37. The third kappa shape index (κ3) is 2.13. The Labute approximate surface area is 116 Å². The van der Waals surface area contributed by atoms with E-state index in [1.165, 1.54) is 25.7 Å². The Kier molecular flexibility index (Phi) is 2.83. The lowest BCUT2D eigenvalue weighted by Crippen LogP contribution is -1.98. The van der Waals surface area contributed by atoms with E-state index in [1.807, 2.05) is 18.2 Å². The summed E-state index contributed by atoms with van der Waals surface area (Å²) in [6, 6.07) is 5.70. The van der Waals surface area contributed by atoms with Crippen LogP contribution < -0.4 is 9.47 Å². The van der Waals surface area contributed by atoms with E-state index in [4.69, 9.17) is 14.0 Å². The van der Waals surface area contributed by atoms with Crippen LogP contribution in [0.3, 0.4) is 0 Å². The maximum absolute atomic E-state index is 5.37. The summed E-state index contributed by atoms with van der Waals surface area (Å²) in [5, 5.41) is 4.07. The molecule has 104 valence electrons. The molecule has 0 radical (unpaired) electrons. The van der Waals surface area contributed by atoms with Crippen molar-refractivity contribution in [2.75, 3.05) is 6.79 Å². The van der Waals surface area contributed by atoms with E-state index >= 15 is 0 Å². The van der Waals surface area contributed by atoms with Crippen LogP contribution in [0, 0.1) is 5.92 Å². The third-order valence-electron chi connectivity index (χ3n) is 4.04. The minimum Gasteiger partial charge on any atom is -0.454 e. The second-order valence-electron chi connectivity index (χ2n) is 5.43. The van der Waals surface area contributed by atoms with Crippen molar-refractivity contribution in [2.24, 2.45) is 5.92 Å². The second-order valence-corrected chi connectivity index (χ2v) is 5.43. The molecule has 0 N–H and O–H groups in total. The van der Waals surface area contributed by atoms with E-state index in [2.05, 4.69) is 10.1 Å². The molecule has 5 nitrogen and oxygen atoms in total. The van der Waals surface area contributed by atoms with Crippen LogP contribution in [0.25, 0.3) is 11.4 Å². The molecule has 20 heavy (non-hydrogen) atoms. The fraction of sp³-hybridized carbons (Fsp3) is 0.467. The van der Waals surface area contributed by atoms with Crippen LogP contribution >= 0.6 is 0 Å². The average molecular weight is 272 g/mol. The predicted molar refractivity (Wildman–Crippen MR) is 71.5 cm³/mol. The molecule has 0 atom stereocenters. The number of ether oxygens (including phenoxy) is 2. The van der Waals surface area contributed by atoms with Crippen LogP contribution in [0.2, 0.25) is 0 Å². The Morgan fingerprint density at radius 1 is 1.10 bits per heavy atom. The fourth-order valence-electron chi connectivity index (χ4n) is 2.95. The molecule has 0 unspecified atom stereocenters. The summed E-state index contributed by atoms with van der Waals surface area (Å²) < 4.78 is 16.0. The molecule has 2 aliphatic rings. The van der Waals surface area contributed by atoms with E-state index in [1.54, 1.807) is 0 Å². The van der Waals surface area contributed by atoms with Crippen molar-refractivity contribution in [3.63, 3.8) is 0 Å². The maximum Gasteiger partial charge on any atom is 0.231 e. The van der Waals surface area contributed by atoms with Gasteiger partial charge >= 0.3 is 0 Å². The predicted octanol–water partition coefficient (Wildman–Crippen LogP) is 3.20. The molecule has 0 amide bonds. The lowest BCUT2D eigenvalue weighted by atomic mass is 10.0. The lowest BCUT2D eigenvalue weighted by molar-refractivity contribution is 0.174. The minimum absolute atomic E-state index is 0.276. The Bertz CT molecular complexity index is 617. The van der Waals surface area contributed by atoms with Crippen LogP contribution in [-0.4, -0.2) is 16.9 Å². The van der Waals surface area contributed by atoms with Gasteiger partial charge in [-0.25, -0.2) is 0 Å². The summed E-state index contributed by atoms with van der Waals surface area (Å²) in [5.41, 5.74) is 0.899. The van der Waals surface area contributed by atoms with Crippen LogP contribution in [0.5, 0.6) is 11.5 Å². The summed E-state index contributed by atoms with van der Waals surface area (Å²) in [4.78, 5) is 4.50. The average Bonchev–Trinajstić information content (AvgIpc) is 3.19. The Morgan fingerprint density at radius 2 is 1.95 bits per heavy atom. The van der Waals surface area contributed by atoms with Gasteiger partial charge in [0.1, 0.15) is 0 Å². The smallest absolute Gasteiger partial charge is 0.231 e. The van der Waals surface area contributed by atoms with Crippen LogP contribution in [0.4, 0.5) is 0 Å². The molecule has 2 heterocycles. The molecular weight excluding hydrogens is 256 g/mol. The van der Waals surface area contributed by atoms with Gasteiger partial charge in [0.2, 0.25) is 18.5 Å². The molecule has 1 aliphatic heterocycles. The molecule has 0 saturated heterocycles. The van der Waals surface area contributed by atoms with Gasteiger partial charge in [-0.15, -0.1) is 0 Å². The standard InChI is InChI=1S/C15H16N2O3/c1-2-4-10(3-1)7-14-16-15(17-20-14)11-5-6-12-13(8-11)19-9-18-12/h5-6,8,10H,1-4,7,9H2. The molecule has 1 fully saturated rings. The van der Waals surface area contributed by atoms with Gasteiger partial charge in [0, 0.05) is 12.0 Å². The van der Waals surface area contributed by atoms with Gasteiger partial charge < -0.3 is 14.0 Å². The fourth-order valence-corrected chi connectivity index (χ4v) is 2.95. The van der Waals surface area contributed by atoms with Crippen molar-refractivity contribution in [2.45, 2.75) is 32.1 Å². The van der Waals surface area contributed by atoms with E-state index in [0.29, 0.717) is 11.7 Å². The SMILES string of the molecule is c1cc2c(cc1-c1noc(CC3CCCC3)n1)OCO2. The van der Waals surface area contributed by atoms with E-state index in [0.717, 1.165) is 29.4 Å². The highest BCUT2D eigenvalue weighted by atomic mass is 16.7. The Balaban J connectivity index is 1.55. The summed E-state index contributed by atoms with van der Waals surface area (Å²) in [5.74, 6) is 3.58. The molecule has 1 aromatic heterocycles. The molecule has 0 bridgehead atoms. The van der Waals surface area contributed by atoms with Gasteiger partial charge in [-0.2, -0.15) is 4.98 Å². The Hall–Kier alpha value is -2.04. The highest BCUT2D eigenvalue weighted by molar-refractivity contribution is 5.61. The number of aromatic nitrogens is 2. The van der Waals surface area contributed by atoms with E-state index < -0.39 is 0 Å². The van der Waals surface area contributed by atoms with Gasteiger partial charge in [-0.1, -0.05) is 18.0 Å². The van der Waals surface area contributed by atoms with Crippen molar-refractivity contribution >= 4 is 0 Å². The molecule has 2 aromatic rings. The normalized spacial score (nSPS) is 17.8. The molecule has 1 aromatic carbocycles. The van der Waals surface area contributed by atoms with Gasteiger partial charge in [-0.05, 0) is 37.0 Å². The number of fused-ring (bicyclic) bond motifs is 1. The molecule has 5 heteroatoms. The van der Waals surface area contributed by atoms with E-state index in [-0.39, 0.29) is 6.79 Å². The summed E-state index contributed by atoms with van der Waals surface area (Å²) in [6.45, 7) is 0.276. The highest BCUT2D eigenvalue weighted by Gasteiger charge is 2.20. The number of benzene rings is 1. The zero-order chi connectivity index (χ0) is 13.4.